The van der Waals surface area contributed by atoms with Crippen molar-refractivity contribution in [1.29, 1.82) is 0 Å². The number of aromatic carboxylic acids is 1. The summed E-state index contributed by atoms with van der Waals surface area (Å²) in [7, 11) is 0. The van der Waals surface area contributed by atoms with Crippen LogP contribution in [0.15, 0.2) is 22.8 Å². The number of unbranched alkanes of at least 4 members (excludes halogenated alkanes) is 2. The highest BCUT2D eigenvalue weighted by Crippen LogP contribution is 2.23. The van der Waals surface area contributed by atoms with Crippen molar-refractivity contribution in [3.63, 3.8) is 0 Å². The first-order valence-corrected chi connectivity index (χ1v) is 5.94. The molecule has 0 aliphatic heterocycles. The smallest absolute Gasteiger partial charge is 0.358 e. The number of hydrogen-bond donors (Lipinski definition) is 1. The summed E-state index contributed by atoms with van der Waals surface area (Å²) in [5.41, 5.74) is 0.366. The second-order valence-electron chi connectivity index (χ2n) is 4.00. The number of aryl methyl sites for hydroxylation is 1. The monoisotopic (exact) mass is 249 g/mol. The van der Waals surface area contributed by atoms with Crippen molar-refractivity contribution in [3.8, 4) is 11.5 Å². The first-order chi connectivity index (χ1) is 8.74. The van der Waals surface area contributed by atoms with Crippen LogP contribution in [0.1, 0.15) is 36.7 Å². The molecule has 2 heterocycles. The average molecular weight is 249 g/mol. The van der Waals surface area contributed by atoms with Crippen LogP contribution in [0.25, 0.3) is 11.5 Å². The van der Waals surface area contributed by atoms with Gasteiger partial charge >= 0.3 is 5.97 Å². The molecule has 0 bridgehead atoms. The summed E-state index contributed by atoms with van der Waals surface area (Å²) in [6.45, 7) is 2.75. The van der Waals surface area contributed by atoms with Gasteiger partial charge in [-0.25, -0.2) is 9.48 Å². The van der Waals surface area contributed by atoms with Crippen LogP contribution < -0.4 is 0 Å². The third kappa shape index (κ3) is 2.42. The molecule has 0 amide bonds. The lowest BCUT2D eigenvalue weighted by molar-refractivity contribution is 0.0691. The zero-order valence-corrected chi connectivity index (χ0v) is 10.2. The van der Waals surface area contributed by atoms with Gasteiger partial charge in [-0.15, -0.1) is 5.10 Å². The molecule has 96 valence electrons. The summed E-state index contributed by atoms with van der Waals surface area (Å²) in [6, 6.07) is 3.42. The van der Waals surface area contributed by atoms with Crippen molar-refractivity contribution in [1.82, 2.24) is 15.0 Å². The van der Waals surface area contributed by atoms with Crippen LogP contribution in [0, 0.1) is 0 Å². The molecule has 6 nitrogen and oxygen atoms in total. The number of carboxylic acid groups (broad SMARTS) is 1. The molecule has 2 rings (SSSR count). The molecule has 18 heavy (non-hydrogen) atoms. The van der Waals surface area contributed by atoms with Gasteiger partial charge in [0.1, 0.15) is 5.69 Å². The number of carbonyl (C=O) groups is 1. The highest BCUT2D eigenvalue weighted by Gasteiger charge is 2.22. The molecule has 0 saturated carbocycles. The lowest BCUT2D eigenvalue weighted by atomic mass is 10.2. The van der Waals surface area contributed by atoms with Crippen LogP contribution in [0.5, 0.6) is 0 Å². The van der Waals surface area contributed by atoms with Crippen LogP contribution in [0.3, 0.4) is 0 Å². The zero-order chi connectivity index (χ0) is 13.0. The quantitative estimate of drug-likeness (QED) is 0.795. The summed E-state index contributed by atoms with van der Waals surface area (Å²) in [4.78, 5) is 11.1. The molecule has 0 unspecified atom stereocenters. The molecule has 0 fully saturated rings. The lowest BCUT2D eigenvalue weighted by Gasteiger charge is -2.04. The number of furan rings is 1. The molecular weight excluding hydrogens is 234 g/mol. The normalized spacial score (nSPS) is 10.7. The van der Waals surface area contributed by atoms with Crippen molar-refractivity contribution < 1.29 is 14.3 Å². The number of rotatable bonds is 6. The van der Waals surface area contributed by atoms with E-state index in [0.29, 0.717) is 18.0 Å². The van der Waals surface area contributed by atoms with Gasteiger partial charge in [0, 0.05) is 6.54 Å². The Morgan fingerprint density at radius 3 is 2.94 bits per heavy atom. The van der Waals surface area contributed by atoms with Crippen molar-refractivity contribution in [2.45, 2.75) is 32.7 Å². The zero-order valence-electron chi connectivity index (χ0n) is 10.2. The van der Waals surface area contributed by atoms with E-state index in [1.54, 1.807) is 16.8 Å². The molecule has 1 N–H and O–H groups in total. The predicted molar refractivity (Wildman–Crippen MR) is 64.2 cm³/mol. The van der Waals surface area contributed by atoms with Crippen LogP contribution >= 0.6 is 0 Å². The van der Waals surface area contributed by atoms with Crippen molar-refractivity contribution in [2.24, 2.45) is 0 Å². The molecule has 2 aromatic heterocycles. The van der Waals surface area contributed by atoms with Crippen LogP contribution in [-0.4, -0.2) is 26.1 Å². The molecule has 6 heteroatoms. The summed E-state index contributed by atoms with van der Waals surface area (Å²) >= 11 is 0. The van der Waals surface area contributed by atoms with Gasteiger partial charge in [0.2, 0.25) is 5.69 Å². The maximum absolute atomic E-state index is 11.1. The molecule has 0 atom stereocenters. The van der Waals surface area contributed by atoms with E-state index in [0.717, 1.165) is 19.3 Å². The largest absolute Gasteiger partial charge is 0.476 e. The Bertz CT molecular complexity index is 517. The van der Waals surface area contributed by atoms with Crippen molar-refractivity contribution in [2.75, 3.05) is 0 Å². The van der Waals surface area contributed by atoms with Gasteiger partial charge in [-0.2, -0.15) is 0 Å². The Kier molecular flexibility index (Phi) is 3.76. The first kappa shape index (κ1) is 12.3. The highest BCUT2D eigenvalue weighted by atomic mass is 16.4. The van der Waals surface area contributed by atoms with E-state index in [2.05, 4.69) is 17.2 Å². The summed E-state index contributed by atoms with van der Waals surface area (Å²) in [6.07, 6.45) is 4.60. The van der Waals surface area contributed by atoms with Gasteiger partial charge in [0.25, 0.3) is 0 Å². The van der Waals surface area contributed by atoms with E-state index in [1.165, 1.54) is 6.26 Å². The highest BCUT2D eigenvalue weighted by molar-refractivity contribution is 5.91. The summed E-state index contributed by atoms with van der Waals surface area (Å²) in [5.74, 6) is -0.614. The fraction of sp³-hybridized carbons (Fsp3) is 0.417. The van der Waals surface area contributed by atoms with Crippen LogP contribution in [0.4, 0.5) is 0 Å². The fourth-order valence-electron chi connectivity index (χ4n) is 1.78. The van der Waals surface area contributed by atoms with Gasteiger partial charge in [-0.3, -0.25) is 0 Å². The minimum atomic E-state index is -1.09. The first-order valence-electron chi connectivity index (χ1n) is 5.94. The predicted octanol–water partition coefficient (Wildman–Crippen LogP) is 2.43. The summed E-state index contributed by atoms with van der Waals surface area (Å²) in [5, 5.41) is 16.7. The molecule has 0 aromatic carbocycles. The summed E-state index contributed by atoms with van der Waals surface area (Å²) < 4.78 is 6.85. The minimum Gasteiger partial charge on any atom is -0.476 e. The Balaban J connectivity index is 2.32. The van der Waals surface area contributed by atoms with E-state index >= 15 is 0 Å². The van der Waals surface area contributed by atoms with Gasteiger partial charge < -0.3 is 9.52 Å². The standard InChI is InChI=1S/C12H15N3O3/c1-2-3-4-7-15-11(9-6-5-8-18-9)10(12(16)17)13-14-15/h5-6,8H,2-4,7H2,1H3,(H,16,17). The van der Waals surface area contributed by atoms with Gasteiger partial charge in [-0.05, 0) is 18.6 Å². The topological polar surface area (TPSA) is 81.2 Å². The molecule has 0 radical (unpaired) electrons. The second-order valence-corrected chi connectivity index (χ2v) is 4.00. The average Bonchev–Trinajstić information content (AvgIpc) is 2.96. The maximum Gasteiger partial charge on any atom is 0.358 e. The van der Waals surface area contributed by atoms with Crippen LogP contribution in [-0.2, 0) is 6.54 Å². The molecular formula is C12H15N3O3. The molecule has 0 saturated heterocycles. The Morgan fingerprint density at radius 1 is 1.50 bits per heavy atom. The number of nitrogens with zero attached hydrogens (tertiary/aromatic N) is 3. The number of hydrogen-bond acceptors (Lipinski definition) is 4. The van der Waals surface area contributed by atoms with Crippen LogP contribution in [0.2, 0.25) is 0 Å². The lowest BCUT2D eigenvalue weighted by Crippen LogP contribution is -2.04. The Morgan fingerprint density at radius 2 is 2.33 bits per heavy atom. The van der Waals surface area contributed by atoms with Gasteiger partial charge in [0.15, 0.2) is 5.76 Å². The van der Waals surface area contributed by atoms with E-state index in [1.807, 2.05) is 0 Å². The van der Waals surface area contributed by atoms with Crippen molar-refractivity contribution in [3.05, 3.63) is 24.1 Å². The Labute approximate surface area is 104 Å². The second kappa shape index (κ2) is 5.48. The molecule has 0 aliphatic carbocycles. The van der Waals surface area contributed by atoms with Gasteiger partial charge in [-0.1, -0.05) is 25.0 Å². The third-order valence-corrected chi connectivity index (χ3v) is 2.67. The van der Waals surface area contributed by atoms with E-state index in [-0.39, 0.29) is 5.69 Å². The van der Waals surface area contributed by atoms with E-state index < -0.39 is 5.97 Å². The van der Waals surface area contributed by atoms with Crippen molar-refractivity contribution >= 4 is 5.97 Å². The number of aromatic nitrogens is 3. The van der Waals surface area contributed by atoms with E-state index in [4.69, 9.17) is 9.52 Å². The SMILES string of the molecule is CCCCCn1nnc(C(=O)O)c1-c1ccco1. The van der Waals surface area contributed by atoms with E-state index in [9.17, 15) is 4.79 Å². The minimum absolute atomic E-state index is 0.0681. The Hall–Kier alpha value is -2.11. The fourth-order valence-corrected chi connectivity index (χ4v) is 1.78. The molecule has 0 aliphatic rings. The number of carboxylic acids is 1. The maximum atomic E-state index is 11.1. The molecule has 2 aromatic rings. The van der Waals surface area contributed by atoms with Gasteiger partial charge in [0.05, 0.1) is 6.26 Å². The molecule has 0 spiro atoms. The third-order valence-electron chi connectivity index (χ3n) is 2.67.